The summed E-state index contributed by atoms with van der Waals surface area (Å²) in [4.78, 5) is 0. The van der Waals surface area contributed by atoms with Gasteiger partial charge in [0.25, 0.3) is 0 Å². The molecular weight excluding hydrogens is 218 g/mol. The molecule has 2 aromatic rings. The minimum atomic E-state index is -2.64. The monoisotopic (exact) mass is 246 g/mol. The van der Waals surface area contributed by atoms with Crippen LogP contribution in [-0.2, 0) is 12.5 Å². The van der Waals surface area contributed by atoms with Gasteiger partial charge in [-0.2, -0.15) is 0 Å². The van der Waals surface area contributed by atoms with Crippen LogP contribution in [0, 0.1) is 6.92 Å². The smallest absolute Gasteiger partial charge is 0.201 e. The average Bonchev–Trinajstić information content (AvgIpc) is 2.45. The van der Waals surface area contributed by atoms with Crippen LogP contribution >= 0.6 is 0 Å². The number of benzene rings is 1. The normalized spacial score (nSPS) is 17.9. The molecule has 0 aliphatic heterocycles. The van der Waals surface area contributed by atoms with E-state index in [0.717, 1.165) is 16.8 Å². The van der Waals surface area contributed by atoms with Crippen LogP contribution < -0.4 is 4.57 Å². The Balaban J connectivity index is 2.63. The van der Waals surface area contributed by atoms with Crippen LogP contribution in [0.15, 0.2) is 42.6 Å². The highest BCUT2D eigenvalue weighted by Crippen LogP contribution is 2.27. The molecule has 0 aliphatic rings. The van der Waals surface area contributed by atoms with E-state index < -0.39 is 19.1 Å². The molecule has 18 heavy (non-hydrogen) atoms. The quantitative estimate of drug-likeness (QED) is 0.674. The zero-order valence-electron chi connectivity index (χ0n) is 17.0. The predicted octanol–water partition coefficient (Wildman–Crippen LogP) is 3.78. The fourth-order valence-corrected chi connectivity index (χ4v) is 2.07. The highest BCUT2D eigenvalue weighted by Gasteiger charge is 2.17. The third-order valence-corrected chi connectivity index (χ3v) is 3.13. The van der Waals surface area contributed by atoms with E-state index in [0.29, 0.717) is 5.56 Å². The van der Waals surface area contributed by atoms with E-state index >= 15 is 0 Å². The molecule has 1 heteroatoms. The molecule has 0 N–H and O–H groups in total. The van der Waals surface area contributed by atoms with E-state index in [1.807, 2.05) is 42.9 Å². The zero-order valence-corrected chi connectivity index (χ0v) is 11.0. The molecule has 1 heterocycles. The van der Waals surface area contributed by atoms with Gasteiger partial charge in [-0.1, -0.05) is 32.8 Å². The second kappa shape index (κ2) is 4.56. The molecule has 1 aromatic carbocycles. The van der Waals surface area contributed by atoms with Crippen molar-refractivity contribution in [2.24, 2.45) is 7.05 Å². The number of nitrogens with zero attached hydrogens (tertiary/aromatic N) is 1. The fourth-order valence-electron chi connectivity index (χ4n) is 2.07. The van der Waals surface area contributed by atoms with Gasteiger partial charge in [0, 0.05) is 25.9 Å². The minimum absolute atomic E-state index is 0.308. The Morgan fingerprint density at radius 3 is 2.56 bits per heavy atom. The Morgan fingerprint density at radius 2 is 1.94 bits per heavy atom. The molecule has 0 amide bonds. The standard InChI is InChI=1S/C17H22N/c1-13-12-14(17(2,3)4)9-10-15(13)16-8-6-7-11-18(16)5/h6-12H,1-5H3/q+1/i2D3,3D3. The van der Waals surface area contributed by atoms with Gasteiger partial charge in [0.1, 0.15) is 7.05 Å². The Bertz CT molecular complexity index is 731. The van der Waals surface area contributed by atoms with Crippen molar-refractivity contribution in [3.05, 3.63) is 53.7 Å². The summed E-state index contributed by atoms with van der Waals surface area (Å²) >= 11 is 0. The van der Waals surface area contributed by atoms with Gasteiger partial charge in [-0.05, 0) is 35.6 Å². The summed E-state index contributed by atoms with van der Waals surface area (Å²) in [7, 11) is 1.93. The summed E-state index contributed by atoms with van der Waals surface area (Å²) in [5.74, 6) is 0. The van der Waals surface area contributed by atoms with Crippen LogP contribution in [0.3, 0.4) is 0 Å². The van der Waals surface area contributed by atoms with Gasteiger partial charge in [0.15, 0.2) is 6.20 Å². The summed E-state index contributed by atoms with van der Waals surface area (Å²) in [6.45, 7) is -2.11. The summed E-state index contributed by atoms with van der Waals surface area (Å²) in [6.07, 6.45) is 1.93. The van der Waals surface area contributed by atoms with E-state index in [-0.39, 0.29) is 0 Å². The first-order valence-corrected chi connectivity index (χ1v) is 5.96. The lowest BCUT2D eigenvalue weighted by Crippen LogP contribution is -2.30. The Hall–Kier alpha value is -1.63. The average molecular weight is 246 g/mol. The molecular formula is C17H22N+. The lowest BCUT2D eigenvalue weighted by atomic mass is 9.85. The maximum Gasteiger partial charge on any atom is 0.212 e. The molecule has 0 saturated carbocycles. The van der Waals surface area contributed by atoms with Gasteiger partial charge < -0.3 is 0 Å². The van der Waals surface area contributed by atoms with E-state index in [1.165, 1.54) is 6.92 Å². The van der Waals surface area contributed by atoms with Gasteiger partial charge in [-0.15, -0.1) is 0 Å². The van der Waals surface area contributed by atoms with Gasteiger partial charge in [-0.3, -0.25) is 0 Å². The minimum Gasteiger partial charge on any atom is -0.201 e. The molecule has 0 bridgehead atoms. The number of aryl methyl sites for hydroxylation is 2. The Kier molecular flexibility index (Phi) is 1.80. The highest BCUT2D eigenvalue weighted by atomic mass is 14.9. The van der Waals surface area contributed by atoms with Crippen molar-refractivity contribution in [3.8, 4) is 11.3 Å². The largest absolute Gasteiger partial charge is 0.212 e. The first-order chi connectivity index (χ1) is 10.9. The van der Waals surface area contributed by atoms with Crippen LogP contribution in [0.4, 0.5) is 0 Å². The van der Waals surface area contributed by atoms with E-state index in [2.05, 4.69) is 0 Å². The molecule has 1 aromatic heterocycles. The first kappa shape index (κ1) is 7.08. The molecule has 1 nitrogen and oxygen atoms in total. The van der Waals surface area contributed by atoms with Crippen LogP contribution in [0.1, 0.15) is 40.0 Å². The zero-order chi connectivity index (χ0) is 18.3. The van der Waals surface area contributed by atoms with Crippen LogP contribution in [0.2, 0.25) is 0 Å². The lowest BCUT2D eigenvalue weighted by Gasteiger charge is -2.20. The van der Waals surface area contributed by atoms with Crippen molar-refractivity contribution in [2.75, 3.05) is 0 Å². The van der Waals surface area contributed by atoms with Crippen molar-refractivity contribution < 1.29 is 12.8 Å². The number of pyridine rings is 1. The molecule has 94 valence electrons. The molecule has 0 fully saturated rings. The SMILES string of the molecule is [2H]C([2H])([2H])C(C)(c1ccc(-c2cccc[n+]2C)c(C)c1)C([2H])([2H])[2H]. The van der Waals surface area contributed by atoms with Crippen molar-refractivity contribution in [1.82, 2.24) is 0 Å². The molecule has 0 unspecified atom stereocenters. The third-order valence-electron chi connectivity index (χ3n) is 3.13. The van der Waals surface area contributed by atoms with E-state index in [9.17, 15) is 0 Å². The second-order valence-corrected chi connectivity index (χ2v) is 4.85. The van der Waals surface area contributed by atoms with Gasteiger partial charge in [-0.25, -0.2) is 4.57 Å². The molecule has 0 atom stereocenters. The van der Waals surface area contributed by atoms with Gasteiger partial charge in [0.2, 0.25) is 5.69 Å². The number of hydrogen-bond donors (Lipinski definition) is 0. The summed E-state index contributed by atoms with van der Waals surface area (Å²) in [5.41, 5.74) is 1.16. The number of hydrogen-bond acceptors (Lipinski definition) is 0. The van der Waals surface area contributed by atoms with E-state index in [1.54, 1.807) is 18.2 Å². The van der Waals surface area contributed by atoms with Crippen molar-refractivity contribution in [1.29, 1.82) is 0 Å². The molecule has 0 aliphatic carbocycles. The summed E-state index contributed by atoms with van der Waals surface area (Å²) in [6, 6.07) is 10.9. The molecule has 0 radical (unpaired) electrons. The summed E-state index contributed by atoms with van der Waals surface area (Å²) < 4.78 is 48.6. The number of rotatable bonds is 1. The van der Waals surface area contributed by atoms with Crippen molar-refractivity contribution in [3.63, 3.8) is 0 Å². The van der Waals surface area contributed by atoms with Gasteiger partial charge in [0.05, 0.1) is 0 Å². The second-order valence-electron chi connectivity index (χ2n) is 4.85. The fraction of sp³-hybridized carbons (Fsp3) is 0.353. The topological polar surface area (TPSA) is 3.88 Å². The Labute approximate surface area is 119 Å². The lowest BCUT2D eigenvalue weighted by molar-refractivity contribution is -0.660. The number of aromatic nitrogens is 1. The maximum atomic E-state index is 7.77. The van der Waals surface area contributed by atoms with Crippen LogP contribution in [0.5, 0.6) is 0 Å². The highest BCUT2D eigenvalue weighted by molar-refractivity contribution is 5.61. The van der Waals surface area contributed by atoms with Crippen molar-refractivity contribution >= 4 is 0 Å². The Morgan fingerprint density at radius 1 is 1.17 bits per heavy atom. The molecule has 0 saturated heterocycles. The predicted molar refractivity (Wildman–Crippen MR) is 76.5 cm³/mol. The third kappa shape index (κ3) is 2.45. The van der Waals surface area contributed by atoms with Crippen LogP contribution in [0.25, 0.3) is 11.3 Å². The van der Waals surface area contributed by atoms with Crippen molar-refractivity contribution in [2.45, 2.75) is 33.0 Å². The van der Waals surface area contributed by atoms with Crippen LogP contribution in [-0.4, -0.2) is 0 Å². The van der Waals surface area contributed by atoms with E-state index in [4.69, 9.17) is 8.22 Å². The summed E-state index contributed by atoms with van der Waals surface area (Å²) in [5, 5.41) is 0. The molecule has 2 rings (SSSR count). The molecule has 0 spiro atoms. The maximum absolute atomic E-state index is 7.77. The van der Waals surface area contributed by atoms with Gasteiger partial charge >= 0.3 is 0 Å². The first-order valence-electron chi connectivity index (χ1n) is 8.96.